The Labute approximate surface area is 142 Å². The van der Waals surface area contributed by atoms with Gasteiger partial charge in [-0.1, -0.05) is 39.0 Å². The van der Waals surface area contributed by atoms with Crippen molar-refractivity contribution in [1.82, 2.24) is 9.97 Å². The van der Waals surface area contributed by atoms with Gasteiger partial charge in [-0.05, 0) is 30.7 Å². The molecule has 0 spiro atoms. The number of hydrogen-bond acceptors (Lipinski definition) is 5. The minimum Gasteiger partial charge on any atom is -0.505 e. The lowest BCUT2D eigenvalue weighted by atomic mass is 10.1. The van der Waals surface area contributed by atoms with Crippen molar-refractivity contribution in [2.45, 2.75) is 51.9 Å². The van der Waals surface area contributed by atoms with Crippen molar-refractivity contribution in [2.75, 3.05) is 0 Å². The lowest BCUT2D eigenvalue weighted by molar-refractivity contribution is -0.134. The topological polar surface area (TPSA) is 72.3 Å². The first-order valence-electron chi connectivity index (χ1n) is 8.51. The van der Waals surface area contributed by atoms with Crippen LogP contribution in [-0.2, 0) is 4.79 Å². The van der Waals surface area contributed by atoms with Crippen molar-refractivity contribution in [1.29, 1.82) is 0 Å². The van der Waals surface area contributed by atoms with Gasteiger partial charge < -0.3 is 9.84 Å². The summed E-state index contributed by atoms with van der Waals surface area (Å²) in [6.45, 7) is 2.19. The molecular weight excluding hydrogens is 304 g/mol. The molecule has 0 radical (unpaired) electrons. The molecule has 0 aliphatic rings. The minimum absolute atomic E-state index is 0.0268. The number of carbonyl (C=O) groups is 1. The van der Waals surface area contributed by atoms with E-state index in [1.54, 1.807) is 24.3 Å². The van der Waals surface area contributed by atoms with E-state index in [-0.39, 0.29) is 11.7 Å². The van der Waals surface area contributed by atoms with E-state index in [2.05, 4.69) is 16.9 Å². The maximum absolute atomic E-state index is 11.8. The molecule has 5 nitrogen and oxygen atoms in total. The Morgan fingerprint density at radius 1 is 1.00 bits per heavy atom. The Balaban J connectivity index is 1.77. The lowest BCUT2D eigenvalue weighted by Gasteiger charge is -2.05. The van der Waals surface area contributed by atoms with Crippen LogP contribution in [0, 0.1) is 0 Å². The number of rotatable bonds is 9. The van der Waals surface area contributed by atoms with E-state index >= 15 is 0 Å². The van der Waals surface area contributed by atoms with Gasteiger partial charge in [0.1, 0.15) is 5.75 Å². The van der Waals surface area contributed by atoms with Gasteiger partial charge in [0.2, 0.25) is 0 Å². The number of nitrogens with zero attached hydrogens (tertiary/aromatic N) is 2. The van der Waals surface area contributed by atoms with Gasteiger partial charge in [-0.2, -0.15) is 0 Å². The summed E-state index contributed by atoms with van der Waals surface area (Å²) in [4.78, 5) is 19.9. The van der Waals surface area contributed by atoms with Crippen LogP contribution >= 0.6 is 0 Å². The summed E-state index contributed by atoms with van der Waals surface area (Å²) in [5.74, 6) is 0.865. The Bertz CT molecular complexity index is 624. The molecule has 1 aromatic carbocycles. The molecule has 0 amide bonds. The van der Waals surface area contributed by atoms with Gasteiger partial charge in [0.05, 0.1) is 12.4 Å². The molecule has 0 fully saturated rings. The number of ether oxygens (including phenoxy) is 1. The SMILES string of the molecule is CCCCCCCCC(=O)Oc1ccc(-c2ncc(O)cn2)cc1. The quantitative estimate of drug-likeness (QED) is 0.417. The second-order valence-electron chi connectivity index (χ2n) is 5.78. The maximum Gasteiger partial charge on any atom is 0.311 e. The first-order chi connectivity index (χ1) is 11.7. The van der Waals surface area contributed by atoms with Crippen LogP contribution in [0.5, 0.6) is 11.5 Å². The predicted molar refractivity (Wildman–Crippen MR) is 92.8 cm³/mol. The molecule has 0 bridgehead atoms. The van der Waals surface area contributed by atoms with Crippen LogP contribution < -0.4 is 4.74 Å². The zero-order chi connectivity index (χ0) is 17.2. The van der Waals surface area contributed by atoms with Gasteiger partial charge in [-0.25, -0.2) is 9.97 Å². The largest absolute Gasteiger partial charge is 0.505 e. The van der Waals surface area contributed by atoms with E-state index in [1.165, 1.54) is 38.1 Å². The van der Waals surface area contributed by atoms with Gasteiger partial charge in [-0.15, -0.1) is 0 Å². The Morgan fingerprint density at radius 3 is 2.29 bits per heavy atom. The Hall–Kier alpha value is -2.43. The summed E-state index contributed by atoms with van der Waals surface area (Å²) in [5, 5.41) is 9.20. The van der Waals surface area contributed by atoms with E-state index in [1.807, 2.05) is 0 Å². The van der Waals surface area contributed by atoms with Crippen LogP contribution in [0.25, 0.3) is 11.4 Å². The highest BCUT2D eigenvalue weighted by atomic mass is 16.5. The van der Waals surface area contributed by atoms with Crippen molar-refractivity contribution in [3.8, 4) is 22.9 Å². The predicted octanol–water partition coefficient (Wildman–Crippen LogP) is 4.51. The molecule has 128 valence electrons. The number of esters is 1. The average Bonchev–Trinajstić information content (AvgIpc) is 2.59. The molecule has 2 rings (SSSR count). The molecular formula is C19H24N2O3. The van der Waals surface area contributed by atoms with Crippen molar-refractivity contribution in [3.05, 3.63) is 36.7 Å². The van der Waals surface area contributed by atoms with E-state index in [4.69, 9.17) is 4.74 Å². The summed E-state index contributed by atoms with van der Waals surface area (Å²) in [6, 6.07) is 7.04. The molecule has 5 heteroatoms. The zero-order valence-electron chi connectivity index (χ0n) is 14.1. The van der Waals surface area contributed by atoms with Crippen LogP contribution in [-0.4, -0.2) is 21.0 Å². The van der Waals surface area contributed by atoms with Crippen molar-refractivity contribution in [2.24, 2.45) is 0 Å². The first kappa shape index (κ1) is 17.9. The molecule has 1 aromatic heterocycles. The molecule has 1 heterocycles. The van der Waals surface area contributed by atoms with E-state index in [0.29, 0.717) is 18.0 Å². The first-order valence-corrected chi connectivity index (χ1v) is 8.51. The third-order valence-electron chi connectivity index (χ3n) is 3.72. The molecule has 0 unspecified atom stereocenters. The number of aromatic hydroxyl groups is 1. The van der Waals surface area contributed by atoms with Gasteiger partial charge in [0.25, 0.3) is 0 Å². The second kappa shape index (κ2) is 9.65. The summed E-state index contributed by atoms with van der Waals surface area (Å²) in [6.07, 6.45) is 10.0. The highest BCUT2D eigenvalue weighted by Gasteiger charge is 2.06. The normalized spacial score (nSPS) is 10.5. The third-order valence-corrected chi connectivity index (χ3v) is 3.72. The average molecular weight is 328 g/mol. The van der Waals surface area contributed by atoms with Crippen molar-refractivity contribution < 1.29 is 14.6 Å². The van der Waals surface area contributed by atoms with Gasteiger partial charge in [0.15, 0.2) is 11.6 Å². The monoisotopic (exact) mass is 328 g/mol. The van der Waals surface area contributed by atoms with E-state index in [9.17, 15) is 9.90 Å². The number of benzene rings is 1. The van der Waals surface area contributed by atoms with Gasteiger partial charge >= 0.3 is 5.97 Å². The Morgan fingerprint density at radius 2 is 1.62 bits per heavy atom. The molecule has 0 aliphatic heterocycles. The molecule has 0 aliphatic carbocycles. The summed E-state index contributed by atoms with van der Waals surface area (Å²) in [7, 11) is 0. The summed E-state index contributed by atoms with van der Waals surface area (Å²) in [5.41, 5.74) is 0.797. The number of carbonyl (C=O) groups excluding carboxylic acids is 1. The molecule has 0 saturated carbocycles. The highest BCUT2D eigenvalue weighted by Crippen LogP contribution is 2.20. The van der Waals surface area contributed by atoms with Crippen LogP contribution in [0.3, 0.4) is 0 Å². The highest BCUT2D eigenvalue weighted by molar-refractivity contribution is 5.72. The van der Waals surface area contributed by atoms with Crippen LogP contribution in [0.1, 0.15) is 51.9 Å². The smallest absolute Gasteiger partial charge is 0.311 e. The molecule has 0 atom stereocenters. The molecule has 1 N–H and O–H groups in total. The van der Waals surface area contributed by atoms with E-state index < -0.39 is 0 Å². The van der Waals surface area contributed by atoms with E-state index in [0.717, 1.165) is 18.4 Å². The van der Waals surface area contributed by atoms with Gasteiger partial charge in [0, 0.05) is 12.0 Å². The summed E-state index contributed by atoms with van der Waals surface area (Å²) >= 11 is 0. The third kappa shape index (κ3) is 5.99. The van der Waals surface area contributed by atoms with Crippen molar-refractivity contribution in [3.63, 3.8) is 0 Å². The van der Waals surface area contributed by atoms with Crippen LogP contribution in [0.2, 0.25) is 0 Å². The lowest BCUT2D eigenvalue weighted by Crippen LogP contribution is -2.07. The summed E-state index contributed by atoms with van der Waals surface area (Å²) < 4.78 is 5.33. The van der Waals surface area contributed by atoms with Crippen LogP contribution in [0.15, 0.2) is 36.7 Å². The van der Waals surface area contributed by atoms with Gasteiger partial charge in [-0.3, -0.25) is 4.79 Å². The standard InChI is InChI=1S/C19H24N2O3/c1-2-3-4-5-6-7-8-18(23)24-17-11-9-15(10-12-17)19-20-13-16(22)14-21-19/h9-14,22H,2-8H2,1H3. The number of aromatic nitrogens is 2. The fourth-order valence-corrected chi connectivity index (χ4v) is 2.37. The van der Waals surface area contributed by atoms with Crippen molar-refractivity contribution >= 4 is 5.97 Å². The molecule has 24 heavy (non-hydrogen) atoms. The Kier molecular flexibility index (Phi) is 7.21. The molecule has 2 aromatic rings. The molecule has 0 saturated heterocycles. The second-order valence-corrected chi connectivity index (χ2v) is 5.78. The fraction of sp³-hybridized carbons (Fsp3) is 0.421. The van der Waals surface area contributed by atoms with Crippen LogP contribution in [0.4, 0.5) is 0 Å². The fourth-order valence-electron chi connectivity index (χ4n) is 2.37. The maximum atomic E-state index is 11.8. The minimum atomic E-state index is -0.195. The zero-order valence-corrected chi connectivity index (χ0v) is 14.1. The number of hydrogen-bond donors (Lipinski definition) is 1. The number of unbranched alkanes of at least 4 members (excludes halogenated alkanes) is 5.